The zero-order valence-corrected chi connectivity index (χ0v) is 84.0. The third-order valence-corrected chi connectivity index (χ3v) is 23.8. The lowest BCUT2D eigenvalue weighted by Crippen LogP contribution is -2.57. The van der Waals surface area contributed by atoms with Crippen LogP contribution < -0.4 is 11.1 Å². The Kier molecular flexibility index (Phi) is 40.7. The summed E-state index contributed by atoms with van der Waals surface area (Å²) in [5.41, 5.74) is 13.2. The molecule has 6 aromatic rings. The van der Waals surface area contributed by atoms with Crippen LogP contribution in [0.25, 0.3) is 0 Å². The highest BCUT2D eigenvalue weighted by Crippen LogP contribution is 2.41. The predicted octanol–water partition coefficient (Wildman–Crippen LogP) is 13.8. The summed E-state index contributed by atoms with van der Waals surface area (Å²) >= 11 is 17.0. The topological polar surface area (TPSA) is 401 Å². The van der Waals surface area contributed by atoms with Crippen molar-refractivity contribution in [1.82, 2.24) is 44.5 Å². The molecule has 9 aliphatic rings. The molecule has 15 rings (SSSR count). The average molecular weight is 1980 g/mol. The van der Waals surface area contributed by atoms with E-state index in [0.29, 0.717) is 94.1 Å². The molecule has 756 valence electrons. The molecular formula is C99H135ClF3N13O20S2. The van der Waals surface area contributed by atoms with Gasteiger partial charge in [0.25, 0.3) is 6.02 Å². The van der Waals surface area contributed by atoms with Crippen LogP contribution in [-0.4, -0.2) is 300 Å². The zero-order valence-electron chi connectivity index (χ0n) is 81.6. The van der Waals surface area contributed by atoms with E-state index in [2.05, 4.69) is 57.6 Å². The second kappa shape index (κ2) is 50.1. The first kappa shape index (κ1) is 112. The lowest BCUT2D eigenvalue weighted by molar-refractivity contribution is -0.493. The minimum atomic E-state index is -0.997. The van der Waals surface area contributed by atoms with E-state index in [0.717, 1.165) is 81.6 Å². The van der Waals surface area contributed by atoms with Gasteiger partial charge in [-0.2, -0.15) is 0 Å². The van der Waals surface area contributed by atoms with E-state index >= 15 is 0 Å². The van der Waals surface area contributed by atoms with Gasteiger partial charge in [0.05, 0.1) is 42.8 Å². The number of aliphatic hydroxyl groups is 4. The van der Waals surface area contributed by atoms with Crippen molar-refractivity contribution in [3.63, 3.8) is 0 Å². The summed E-state index contributed by atoms with van der Waals surface area (Å²) in [7, 11) is 1.89. The SMILES string of the molecule is CC(C)(C)OC(=O)N1CC(C(O)CN)C1.CC(C)(C)OC(=O)N1CC(C(O)CNC(=S)N2CCc3ccccc3[C@@H]2c2ccc(F)cc2)C1.CC(C)(C)OC(=O)N1CC(C(O)C[N+](=O)[O-])C1.CC(C)(C)OC(=O)N1CC(C2CN=C(N3CCc4ccccc4[C@@H]3c3ccc(F)cc3)O2)C1.CC(C)(C)OC(=O)N1CC(C=O)C1.CO.C[N+](=O)[O-].Fc1ccc([C@H]2c3ccccc3CCN2C(=S)Cl)cc1. The maximum absolute atomic E-state index is 13.6. The van der Waals surface area contributed by atoms with E-state index < -0.39 is 68.8 Å². The molecule has 9 heterocycles. The summed E-state index contributed by atoms with van der Waals surface area (Å²) in [4.78, 5) is 106. The van der Waals surface area contributed by atoms with Gasteiger partial charge in [0.2, 0.25) is 6.54 Å². The highest BCUT2D eigenvalue weighted by Gasteiger charge is 2.46. The molecule has 5 saturated heterocycles. The van der Waals surface area contributed by atoms with E-state index in [4.69, 9.17) is 90.4 Å². The van der Waals surface area contributed by atoms with Gasteiger partial charge >= 0.3 is 30.5 Å². The monoisotopic (exact) mass is 1980 g/mol. The van der Waals surface area contributed by atoms with Crippen LogP contribution in [0.15, 0.2) is 151 Å². The number of carbonyl (C=O) groups excluding carboxylic acids is 6. The molecule has 4 unspecified atom stereocenters. The van der Waals surface area contributed by atoms with Crippen molar-refractivity contribution in [3.05, 3.63) is 233 Å². The van der Waals surface area contributed by atoms with Crippen LogP contribution in [0.5, 0.6) is 0 Å². The molecule has 0 aliphatic carbocycles. The number of nitro groups is 2. The summed E-state index contributed by atoms with van der Waals surface area (Å²) in [6.45, 7) is 35.1. The fourth-order valence-corrected chi connectivity index (χ4v) is 16.7. The molecule has 33 nitrogen and oxygen atoms in total. The maximum atomic E-state index is 13.6. The smallest absolute Gasteiger partial charge is 0.410 e. The first-order valence-electron chi connectivity index (χ1n) is 46.0. The summed E-state index contributed by atoms with van der Waals surface area (Å²) in [6.07, 6.45) is -0.370. The van der Waals surface area contributed by atoms with E-state index in [1.165, 1.54) is 74.0 Å². The van der Waals surface area contributed by atoms with Gasteiger partial charge in [0, 0.05) is 139 Å². The molecule has 138 heavy (non-hydrogen) atoms. The molecular weight excluding hydrogens is 1850 g/mol. The van der Waals surface area contributed by atoms with Gasteiger partial charge in [-0.25, -0.2) is 42.1 Å². The number of aliphatic hydroxyl groups excluding tert-OH is 4. The predicted molar refractivity (Wildman–Crippen MR) is 524 cm³/mol. The van der Waals surface area contributed by atoms with Gasteiger partial charge in [-0.05, 0) is 234 Å². The number of thiocarbonyl (C=S) groups is 2. The van der Waals surface area contributed by atoms with E-state index in [1.54, 1.807) is 59.7 Å². The van der Waals surface area contributed by atoms with Crippen molar-refractivity contribution >= 4 is 88.4 Å². The first-order valence-corrected chi connectivity index (χ1v) is 47.2. The molecule has 7 atom stereocenters. The summed E-state index contributed by atoms with van der Waals surface area (Å²) in [5.74, 6) is -0.675. The number of aliphatic imine (C=N–C) groups is 1. The fraction of sp³-hybridized carbons (Fsp3) is 0.545. The number of rotatable bonds is 13. The Morgan fingerprint density at radius 3 is 1.16 bits per heavy atom. The van der Waals surface area contributed by atoms with Crippen LogP contribution in [0.3, 0.4) is 0 Å². The molecule has 7 N–H and O–H groups in total. The highest BCUT2D eigenvalue weighted by atomic mass is 35.5. The molecule has 0 radical (unpaired) electrons. The van der Waals surface area contributed by atoms with Gasteiger partial charge in [-0.1, -0.05) is 121 Å². The maximum Gasteiger partial charge on any atom is 0.410 e. The van der Waals surface area contributed by atoms with Crippen molar-refractivity contribution in [2.75, 3.05) is 125 Å². The average Bonchev–Trinajstić information content (AvgIpc) is 1.59. The minimum absolute atomic E-state index is 0.00696. The van der Waals surface area contributed by atoms with Crippen molar-refractivity contribution in [3.8, 4) is 0 Å². The van der Waals surface area contributed by atoms with Crippen molar-refractivity contribution in [1.29, 1.82) is 0 Å². The number of halogens is 4. The summed E-state index contributed by atoms with van der Waals surface area (Å²) < 4.78 is 73.3. The van der Waals surface area contributed by atoms with Crippen LogP contribution in [0.2, 0.25) is 0 Å². The van der Waals surface area contributed by atoms with Crippen molar-refractivity contribution < 1.29 is 101 Å². The van der Waals surface area contributed by atoms with Crippen LogP contribution >= 0.6 is 36.0 Å². The molecule has 5 amide bonds. The van der Waals surface area contributed by atoms with E-state index in [1.807, 2.05) is 130 Å². The number of amides is 5. The number of likely N-dealkylation sites (tertiary alicyclic amines) is 5. The van der Waals surface area contributed by atoms with Gasteiger partial charge in [-0.15, -0.1) is 0 Å². The Morgan fingerprint density at radius 1 is 0.500 bits per heavy atom. The number of hydrogen-bond donors (Lipinski definition) is 6. The number of benzene rings is 6. The number of aldehydes is 1. The van der Waals surface area contributed by atoms with Crippen LogP contribution in [0.4, 0.5) is 37.1 Å². The van der Waals surface area contributed by atoms with Gasteiger partial charge in [0.15, 0.2) is 16.6 Å². The normalized spacial score (nSPS) is 19.1. The quantitative estimate of drug-likeness (QED) is 0.0119. The standard InChI is InChI=1S/C26H32FN3O3S.C26H30FN3O3.C16H13ClFNS.C10H18N2O5.C10H20N2O3.C9H15NO3.CH3NO2.CH4O/c1-26(2,3)33-25(32)29-15-19(16-29)22(31)14-28-24(34)30-13-12-17-6-4-5-7-21(17)23(30)18-8-10-20(27)11-9-18;1-26(2,3)33-25(31)29-15-19(16-29)22-14-28-24(32-22)30-13-12-17-6-4-5-7-21(17)23(30)18-8-10-20(27)11-9-18;17-16(20)19-10-9-11-3-1-2-4-14(11)15(19)12-5-7-13(18)8-6-12;1-10(2,3)17-9(14)11-4-7(5-11)8(13)6-12(15)16;1-10(2,3)15-9(14)12-5-7(6-12)8(13)4-11;1-9(2,3)13-8(12)10-4-7(5-10)6-11;1-2(3)4;1-2/h4-11,19,22-23,31H,12-16H2,1-3H3,(H,28,34);4-11,19,22-23H,12-16H2,1-3H3;1-8,15H,9-10H2;7-8,13H,4-6H2,1-3H3;7-8,13H,4-6,11H2,1-3H3;6-7H,4-5H2,1-3H3;1H3;2H,1H3/t2*22?,23-;15-;;;;;/m000...../s1. The van der Waals surface area contributed by atoms with Crippen molar-refractivity contribution in [2.45, 2.75) is 194 Å². The number of fused-ring (bicyclic) bond motifs is 3. The number of nitrogens with one attached hydrogen (secondary N) is 1. The number of hydrogen-bond acceptors (Lipinski definition) is 25. The number of carbonyl (C=O) groups is 6. The number of nitrogens with zero attached hydrogens (tertiary/aromatic N) is 11. The molecule has 0 aromatic heterocycles. The minimum Gasteiger partial charge on any atom is -0.459 e. The van der Waals surface area contributed by atoms with Gasteiger partial charge in [-0.3, -0.25) is 20.2 Å². The second-order valence-corrected chi connectivity index (χ2v) is 41.1. The third kappa shape index (κ3) is 33.9. The van der Waals surface area contributed by atoms with Gasteiger partial charge in [0.1, 0.15) is 64.0 Å². The van der Waals surface area contributed by atoms with Gasteiger partial charge < -0.3 is 104 Å². The lowest BCUT2D eigenvalue weighted by Gasteiger charge is -2.43. The first-order chi connectivity index (χ1) is 64.7. The van der Waals surface area contributed by atoms with Crippen LogP contribution in [0.1, 0.15) is 172 Å². The Balaban J connectivity index is 0.000000208. The summed E-state index contributed by atoms with van der Waals surface area (Å²) in [5, 5.41) is 59.3. The van der Waals surface area contributed by atoms with Crippen LogP contribution in [0, 0.1) is 67.3 Å². The largest absolute Gasteiger partial charge is 0.459 e. The molecule has 0 spiro atoms. The Hall–Kier alpha value is -11.1. The number of ether oxygens (including phenoxy) is 6. The second-order valence-electron chi connectivity index (χ2n) is 39.8. The molecule has 5 fully saturated rings. The third-order valence-electron chi connectivity index (χ3n) is 23.0. The molecule has 0 saturated carbocycles. The lowest BCUT2D eigenvalue weighted by atomic mass is 9.88. The highest BCUT2D eigenvalue weighted by molar-refractivity contribution is 7.83. The van der Waals surface area contributed by atoms with E-state index in [9.17, 15) is 67.4 Å². The molecule has 6 aromatic carbocycles. The van der Waals surface area contributed by atoms with Crippen molar-refractivity contribution in [2.24, 2.45) is 40.3 Å². The summed E-state index contributed by atoms with van der Waals surface area (Å²) in [6, 6.07) is 45.1. The molecule has 39 heteroatoms. The Labute approximate surface area is 821 Å². The number of nitrogens with two attached hydrogens (primary N) is 1. The Morgan fingerprint density at radius 2 is 0.812 bits per heavy atom. The van der Waals surface area contributed by atoms with Crippen LogP contribution in [-0.2, 0) is 52.5 Å². The Bertz CT molecular complexity index is 5090. The fourth-order valence-electron chi connectivity index (χ4n) is 16.1. The zero-order chi connectivity index (χ0) is 102. The van der Waals surface area contributed by atoms with E-state index in [-0.39, 0.29) is 102 Å². The number of amidine groups is 1. The molecule has 0 bridgehead atoms. The molecule has 9 aliphatic heterocycles.